The van der Waals surface area contributed by atoms with Crippen molar-refractivity contribution in [3.8, 4) is 5.75 Å². The van der Waals surface area contributed by atoms with Gasteiger partial charge in [-0.1, -0.05) is 30.3 Å². The van der Waals surface area contributed by atoms with Crippen LogP contribution in [0.4, 0.5) is 0 Å². The lowest BCUT2D eigenvalue weighted by Gasteiger charge is -2.15. The van der Waals surface area contributed by atoms with E-state index in [1.54, 1.807) is 13.4 Å². The molecule has 2 heterocycles. The minimum Gasteiger partial charge on any atom is -0.497 e. The molecule has 0 fully saturated rings. The average Bonchev–Trinajstić information content (AvgIpc) is 3.40. The van der Waals surface area contributed by atoms with Gasteiger partial charge in [-0.25, -0.2) is 0 Å². The highest BCUT2D eigenvalue weighted by atomic mass is 32.2. The van der Waals surface area contributed by atoms with Gasteiger partial charge in [-0.3, -0.25) is 14.5 Å². The molecule has 0 unspecified atom stereocenters. The van der Waals surface area contributed by atoms with Crippen molar-refractivity contribution in [3.05, 3.63) is 93.8 Å². The number of carbonyl (C=O) groups is 2. The average molecular weight is 448 g/mol. The summed E-state index contributed by atoms with van der Waals surface area (Å²) < 4.78 is 10.6. The molecule has 0 bridgehead atoms. The van der Waals surface area contributed by atoms with Crippen LogP contribution in [0.1, 0.15) is 28.0 Å². The van der Waals surface area contributed by atoms with Gasteiger partial charge in [0.1, 0.15) is 11.5 Å². The zero-order chi connectivity index (χ0) is 22.7. The normalized spacial score (nSPS) is 13.9. The molecule has 2 aromatic carbocycles. The molecule has 1 aliphatic rings. The quantitative estimate of drug-likeness (QED) is 0.447. The second-order valence-corrected chi connectivity index (χ2v) is 8.72. The number of imide groups is 1. The Morgan fingerprint density at radius 3 is 2.41 bits per heavy atom. The van der Waals surface area contributed by atoms with Crippen molar-refractivity contribution in [1.82, 2.24) is 4.90 Å². The van der Waals surface area contributed by atoms with E-state index in [0.29, 0.717) is 29.2 Å². The van der Waals surface area contributed by atoms with Crippen molar-refractivity contribution in [2.45, 2.75) is 26.0 Å². The number of hydrogen-bond donors (Lipinski definition) is 0. The molecule has 1 aromatic heterocycles. The Hall–Kier alpha value is -3.25. The SMILES string of the molecule is COc1ccc(CCN2C(=O)C(SCc3ccco3)=C(c3ccc(C)c(C)c3)C2=O)cc1. The lowest BCUT2D eigenvalue weighted by atomic mass is 10.0. The first kappa shape index (κ1) is 22.0. The van der Waals surface area contributed by atoms with Crippen LogP contribution in [0.5, 0.6) is 5.75 Å². The first-order valence-electron chi connectivity index (χ1n) is 10.4. The minimum absolute atomic E-state index is 0.242. The van der Waals surface area contributed by atoms with E-state index in [9.17, 15) is 9.59 Å². The van der Waals surface area contributed by atoms with Crippen LogP contribution in [0.2, 0.25) is 0 Å². The molecule has 0 radical (unpaired) electrons. The standard InChI is InChI=1S/C26H25NO4S/c1-17-6-9-20(15-18(17)2)23-24(32-16-22-5-4-14-31-22)26(29)27(25(23)28)13-12-19-7-10-21(30-3)11-8-19/h4-11,14-15H,12-13,16H2,1-3H3. The van der Waals surface area contributed by atoms with Crippen LogP contribution in [0, 0.1) is 13.8 Å². The fourth-order valence-electron chi connectivity index (χ4n) is 3.61. The molecular weight excluding hydrogens is 422 g/mol. The molecular formula is C26H25NO4S. The van der Waals surface area contributed by atoms with Crippen LogP contribution in [0.15, 0.2) is 70.2 Å². The summed E-state index contributed by atoms with van der Waals surface area (Å²) in [5.74, 6) is 1.54. The summed E-state index contributed by atoms with van der Waals surface area (Å²) in [6.07, 6.45) is 2.19. The monoisotopic (exact) mass is 447 g/mol. The van der Waals surface area contributed by atoms with Crippen LogP contribution in [-0.4, -0.2) is 30.4 Å². The molecule has 164 valence electrons. The Labute approximate surface area is 192 Å². The summed E-state index contributed by atoms with van der Waals surface area (Å²) in [4.78, 5) is 28.5. The highest BCUT2D eigenvalue weighted by Crippen LogP contribution is 2.38. The molecule has 3 aromatic rings. The van der Waals surface area contributed by atoms with E-state index in [4.69, 9.17) is 9.15 Å². The molecule has 32 heavy (non-hydrogen) atoms. The summed E-state index contributed by atoms with van der Waals surface area (Å²) in [5.41, 5.74) is 4.52. The fraction of sp³-hybridized carbons (Fsp3) is 0.231. The topological polar surface area (TPSA) is 59.8 Å². The molecule has 0 spiro atoms. The van der Waals surface area contributed by atoms with Gasteiger partial charge in [0.2, 0.25) is 0 Å². The Morgan fingerprint density at radius 2 is 1.75 bits per heavy atom. The minimum atomic E-state index is -0.242. The van der Waals surface area contributed by atoms with Gasteiger partial charge in [0.25, 0.3) is 11.8 Å². The fourth-order valence-corrected chi connectivity index (χ4v) is 4.65. The van der Waals surface area contributed by atoms with Gasteiger partial charge >= 0.3 is 0 Å². The molecule has 5 nitrogen and oxygen atoms in total. The number of nitrogens with zero attached hydrogens (tertiary/aromatic N) is 1. The molecule has 6 heteroatoms. The van der Waals surface area contributed by atoms with E-state index in [-0.39, 0.29) is 11.8 Å². The van der Waals surface area contributed by atoms with E-state index in [1.807, 2.05) is 68.4 Å². The van der Waals surface area contributed by atoms with Gasteiger partial charge in [-0.2, -0.15) is 0 Å². The number of benzene rings is 2. The lowest BCUT2D eigenvalue weighted by molar-refractivity contribution is -0.136. The number of carbonyl (C=O) groups excluding carboxylic acids is 2. The first-order chi connectivity index (χ1) is 15.5. The number of amides is 2. The maximum absolute atomic E-state index is 13.4. The second kappa shape index (κ2) is 9.49. The van der Waals surface area contributed by atoms with Crippen molar-refractivity contribution in [3.63, 3.8) is 0 Å². The lowest BCUT2D eigenvalue weighted by Crippen LogP contribution is -2.33. The summed E-state index contributed by atoms with van der Waals surface area (Å²) >= 11 is 1.35. The van der Waals surface area contributed by atoms with Crippen LogP contribution in [-0.2, 0) is 21.8 Å². The van der Waals surface area contributed by atoms with E-state index in [0.717, 1.165) is 33.8 Å². The summed E-state index contributed by atoms with van der Waals surface area (Å²) in [6, 6.07) is 17.2. The third-order valence-electron chi connectivity index (χ3n) is 5.64. The highest BCUT2D eigenvalue weighted by molar-refractivity contribution is 8.03. The van der Waals surface area contributed by atoms with Crippen molar-refractivity contribution in [2.24, 2.45) is 0 Å². The molecule has 0 atom stereocenters. The predicted octanol–water partition coefficient (Wildman–Crippen LogP) is 5.16. The van der Waals surface area contributed by atoms with Crippen LogP contribution >= 0.6 is 11.8 Å². The second-order valence-electron chi connectivity index (χ2n) is 7.73. The van der Waals surface area contributed by atoms with E-state index in [1.165, 1.54) is 16.7 Å². The summed E-state index contributed by atoms with van der Waals surface area (Å²) in [6.45, 7) is 4.36. The smallest absolute Gasteiger partial charge is 0.268 e. The Balaban J connectivity index is 1.59. The number of thioether (sulfide) groups is 1. The van der Waals surface area contributed by atoms with Crippen molar-refractivity contribution < 1.29 is 18.7 Å². The van der Waals surface area contributed by atoms with Crippen molar-refractivity contribution >= 4 is 29.1 Å². The Morgan fingerprint density at radius 1 is 0.969 bits per heavy atom. The van der Waals surface area contributed by atoms with E-state index < -0.39 is 0 Å². The summed E-state index contributed by atoms with van der Waals surface area (Å²) in [5, 5.41) is 0. The van der Waals surface area contributed by atoms with Gasteiger partial charge in [0.15, 0.2) is 0 Å². The van der Waals surface area contributed by atoms with E-state index >= 15 is 0 Å². The zero-order valence-corrected chi connectivity index (χ0v) is 19.2. The number of methoxy groups -OCH3 is 1. The van der Waals surface area contributed by atoms with Gasteiger partial charge in [-0.15, -0.1) is 11.8 Å². The molecule has 0 saturated carbocycles. The number of rotatable bonds is 8. The molecule has 4 rings (SSSR count). The molecule has 2 amide bonds. The Kier molecular flexibility index (Phi) is 6.51. The van der Waals surface area contributed by atoms with Crippen LogP contribution < -0.4 is 4.74 Å². The maximum atomic E-state index is 13.4. The van der Waals surface area contributed by atoms with Gasteiger partial charge < -0.3 is 9.15 Å². The molecule has 0 aliphatic carbocycles. The van der Waals surface area contributed by atoms with Gasteiger partial charge in [0, 0.05) is 6.54 Å². The van der Waals surface area contributed by atoms with Gasteiger partial charge in [0.05, 0.1) is 29.6 Å². The predicted molar refractivity (Wildman–Crippen MR) is 126 cm³/mol. The molecule has 0 saturated heterocycles. The highest BCUT2D eigenvalue weighted by Gasteiger charge is 2.39. The Bertz CT molecular complexity index is 1160. The van der Waals surface area contributed by atoms with Gasteiger partial charge in [-0.05, 0) is 66.8 Å². The number of ether oxygens (including phenoxy) is 1. The molecule has 0 N–H and O–H groups in total. The van der Waals surface area contributed by atoms with E-state index in [2.05, 4.69) is 0 Å². The van der Waals surface area contributed by atoms with Crippen LogP contribution in [0.25, 0.3) is 5.57 Å². The summed E-state index contributed by atoms with van der Waals surface area (Å²) in [7, 11) is 1.62. The number of hydrogen-bond acceptors (Lipinski definition) is 5. The third kappa shape index (κ3) is 4.50. The third-order valence-corrected chi connectivity index (χ3v) is 6.74. The van der Waals surface area contributed by atoms with Crippen molar-refractivity contribution in [1.29, 1.82) is 0 Å². The molecule has 1 aliphatic heterocycles. The van der Waals surface area contributed by atoms with Crippen LogP contribution in [0.3, 0.4) is 0 Å². The zero-order valence-electron chi connectivity index (χ0n) is 18.4. The largest absolute Gasteiger partial charge is 0.497 e. The number of furan rings is 1. The maximum Gasteiger partial charge on any atom is 0.268 e. The first-order valence-corrected chi connectivity index (χ1v) is 11.4. The number of aryl methyl sites for hydroxylation is 2. The van der Waals surface area contributed by atoms with Crippen molar-refractivity contribution in [2.75, 3.05) is 13.7 Å².